The van der Waals surface area contributed by atoms with Gasteiger partial charge in [-0.05, 0) is 19.6 Å². The van der Waals surface area contributed by atoms with E-state index in [-0.39, 0.29) is 0 Å². The summed E-state index contributed by atoms with van der Waals surface area (Å²) in [4.78, 5) is 2.47. The van der Waals surface area contributed by atoms with Crippen LogP contribution in [0, 0.1) is 0 Å². The van der Waals surface area contributed by atoms with Crippen molar-refractivity contribution in [3.8, 4) is 0 Å². The monoisotopic (exact) mass is 204 g/mol. The summed E-state index contributed by atoms with van der Waals surface area (Å²) in [5, 5.41) is 3.33. The lowest BCUT2D eigenvalue weighted by Crippen LogP contribution is -2.25. The van der Waals surface area contributed by atoms with Gasteiger partial charge in [-0.2, -0.15) is 11.8 Å². The highest BCUT2D eigenvalue weighted by Crippen LogP contribution is 1.99. The quantitative estimate of drug-likeness (QED) is 0.575. The highest BCUT2D eigenvalue weighted by atomic mass is 32.2. The maximum absolute atomic E-state index is 3.33. The summed E-state index contributed by atoms with van der Waals surface area (Å²) in [5.74, 6) is 2.52. The molecule has 0 aromatic rings. The van der Waals surface area contributed by atoms with Gasteiger partial charge in [-0.15, -0.1) is 0 Å². The molecule has 0 saturated carbocycles. The Bertz CT molecular complexity index is 94.9. The van der Waals surface area contributed by atoms with Crippen molar-refractivity contribution in [3.63, 3.8) is 0 Å². The Labute approximate surface area is 87.5 Å². The van der Waals surface area contributed by atoms with Crippen molar-refractivity contribution in [2.75, 3.05) is 44.2 Å². The van der Waals surface area contributed by atoms with Gasteiger partial charge in [0.2, 0.25) is 0 Å². The molecule has 0 aromatic heterocycles. The van der Waals surface area contributed by atoms with Gasteiger partial charge in [-0.25, -0.2) is 0 Å². The lowest BCUT2D eigenvalue weighted by molar-refractivity contribution is 0.324. The topological polar surface area (TPSA) is 15.3 Å². The number of thioether (sulfide) groups is 1. The molecule has 0 aliphatic carbocycles. The van der Waals surface area contributed by atoms with Gasteiger partial charge in [0.1, 0.15) is 0 Å². The minimum Gasteiger partial charge on any atom is -0.316 e. The summed E-state index contributed by atoms with van der Waals surface area (Å²) in [6.07, 6.45) is 0. The van der Waals surface area contributed by atoms with Crippen molar-refractivity contribution in [2.45, 2.75) is 20.8 Å². The van der Waals surface area contributed by atoms with E-state index in [1.165, 1.54) is 31.1 Å². The predicted octanol–water partition coefficient (Wildman–Crippen LogP) is 1.67. The summed E-state index contributed by atoms with van der Waals surface area (Å²) in [6.45, 7) is 12.5. The smallest absolute Gasteiger partial charge is 0.00721 e. The molecule has 0 aliphatic rings. The second-order valence-electron chi connectivity index (χ2n) is 2.99. The molecule has 0 aromatic carbocycles. The van der Waals surface area contributed by atoms with Crippen molar-refractivity contribution >= 4 is 11.8 Å². The second-order valence-corrected chi connectivity index (χ2v) is 4.22. The van der Waals surface area contributed by atoms with E-state index in [9.17, 15) is 0 Å². The van der Waals surface area contributed by atoms with E-state index in [1.54, 1.807) is 0 Å². The van der Waals surface area contributed by atoms with Crippen molar-refractivity contribution in [1.29, 1.82) is 0 Å². The van der Waals surface area contributed by atoms with E-state index < -0.39 is 0 Å². The molecule has 1 N–H and O–H groups in total. The van der Waals surface area contributed by atoms with E-state index >= 15 is 0 Å². The van der Waals surface area contributed by atoms with Crippen molar-refractivity contribution < 1.29 is 0 Å². The van der Waals surface area contributed by atoms with Crippen molar-refractivity contribution in [1.82, 2.24) is 10.2 Å². The SMILES string of the molecule is CCNCCSCCN(CC)CC. The average molecular weight is 204 g/mol. The minimum absolute atomic E-state index is 1.09. The van der Waals surface area contributed by atoms with Gasteiger partial charge in [-0.1, -0.05) is 20.8 Å². The molecule has 0 saturated heterocycles. The van der Waals surface area contributed by atoms with Crippen molar-refractivity contribution in [2.24, 2.45) is 0 Å². The predicted molar refractivity (Wildman–Crippen MR) is 63.7 cm³/mol. The third kappa shape index (κ3) is 8.60. The van der Waals surface area contributed by atoms with Crippen LogP contribution in [-0.4, -0.2) is 49.1 Å². The summed E-state index contributed by atoms with van der Waals surface area (Å²) < 4.78 is 0. The molecule has 0 heterocycles. The van der Waals surface area contributed by atoms with Gasteiger partial charge >= 0.3 is 0 Å². The van der Waals surface area contributed by atoms with Gasteiger partial charge in [0.15, 0.2) is 0 Å². The Kier molecular flexibility index (Phi) is 10.6. The first kappa shape index (κ1) is 13.3. The standard InChI is InChI=1S/C10H24N2S/c1-4-11-7-9-13-10-8-12(5-2)6-3/h11H,4-10H2,1-3H3. The second kappa shape index (κ2) is 10.4. The average Bonchev–Trinajstić information content (AvgIpc) is 2.17. The summed E-state index contributed by atoms with van der Waals surface area (Å²) in [7, 11) is 0. The zero-order valence-corrected chi connectivity index (χ0v) is 10.1. The van der Waals surface area contributed by atoms with Crippen LogP contribution in [0.3, 0.4) is 0 Å². The van der Waals surface area contributed by atoms with Crippen LogP contribution in [0.15, 0.2) is 0 Å². The summed E-state index contributed by atoms with van der Waals surface area (Å²) in [5.41, 5.74) is 0. The zero-order valence-electron chi connectivity index (χ0n) is 9.31. The molecule has 2 nitrogen and oxygen atoms in total. The molecule has 0 unspecified atom stereocenters. The number of rotatable bonds is 9. The molecule has 0 aliphatic heterocycles. The normalized spacial score (nSPS) is 11.1. The van der Waals surface area contributed by atoms with Crippen LogP contribution < -0.4 is 5.32 Å². The first-order chi connectivity index (χ1) is 6.35. The number of nitrogens with one attached hydrogen (secondary N) is 1. The Morgan fingerprint density at radius 2 is 1.77 bits per heavy atom. The summed E-state index contributed by atoms with van der Waals surface area (Å²) >= 11 is 2.05. The summed E-state index contributed by atoms with van der Waals surface area (Å²) in [6, 6.07) is 0. The van der Waals surface area contributed by atoms with Crippen LogP contribution in [0.5, 0.6) is 0 Å². The van der Waals surface area contributed by atoms with Crippen LogP contribution in [-0.2, 0) is 0 Å². The Morgan fingerprint density at radius 3 is 2.31 bits per heavy atom. The van der Waals surface area contributed by atoms with Crippen molar-refractivity contribution in [3.05, 3.63) is 0 Å². The maximum Gasteiger partial charge on any atom is 0.00721 e. The van der Waals surface area contributed by atoms with Crippen LogP contribution in [0.2, 0.25) is 0 Å². The van der Waals surface area contributed by atoms with E-state index in [2.05, 4.69) is 31.0 Å². The van der Waals surface area contributed by atoms with Crippen LogP contribution in [0.4, 0.5) is 0 Å². The molecule has 0 radical (unpaired) electrons. The molecule has 0 rings (SSSR count). The van der Waals surface area contributed by atoms with E-state index in [1.807, 2.05) is 11.8 Å². The Balaban J connectivity index is 3.05. The molecular formula is C10H24N2S. The van der Waals surface area contributed by atoms with E-state index in [4.69, 9.17) is 0 Å². The van der Waals surface area contributed by atoms with Gasteiger partial charge in [0.05, 0.1) is 0 Å². The largest absolute Gasteiger partial charge is 0.316 e. The molecule has 0 amide bonds. The molecule has 13 heavy (non-hydrogen) atoms. The van der Waals surface area contributed by atoms with Crippen LogP contribution >= 0.6 is 11.8 Å². The fourth-order valence-corrected chi connectivity index (χ4v) is 2.04. The van der Waals surface area contributed by atoms with E-state index in [0.29, 0.717) is 0 Å². The van der Waals surface area contributed by atoms with Crippen LogP contribution in [0.25, 0.3) is 0 Å². The highest BCUT2D eigenvalue weighted by molar-refractivity contribution is 7.99. The lowest BCUT2D eigenvalue weighted by atomic mass is 10.5. The maximum atomic E-state index is 3.33. The highest BCUT2D eigenvalue weighted by Gasteiger charge is 1.97. The molecule has 0 fully saturated rings. The zero-order chi connectivity index (χ0) is 9.94. The Hall–Kier alpha value is 0.270. The lowest BCUT2D eigenvalue weighted by Gasteiger charge is -2.17. The molecule has 80 valence electrons. The van der Waals surface area contributed by atoms with Gasteiger partial charge < -0.3 is 10.2 Å². The number of nitrogens with zero attached hydrogens (tertiary/aromatic N) is 1. The fourth-order valence-electron chi connectivity index (χ4n) is 1.16. The van der Waals surface area contributed by atoms with Gasteiger partial charge in [-0.3, -0.25) is 0 Å². The third-order valence-electron chi connectivity index (χ3n) is 2.12. The fraction of sp³-hybridized carbons (Fsp3) is 1.00. The first-order valence-electron chi connectivity index (χ1n) is 5.35. The van der Waals surface area contributed by atoms with Gasteiger partial charge in [0, 0.05) is 24.6 Å². The molecule has 0 spiro atoms. The number of hydrogen-bond donors (Lipinski definition) is 1. The molecule has 0 bridgehead atoms. The first-order valence-corrected chi connectivity index (χ1v) is 6.51. The van der Waals surface area contributed by atoms with Crippen LogP contribution in [0.1, 0.15) is 20.8 Å². The third-order valence-corrected chi connectivity index (χ3v) is 3.08. The minimum atomic E-state index is 1.09. The Morgan fingerprint density at radius 1 is 1.08 bits per heavy atom. The molecule has 3 heteroatoms. The van der Waals surface area contributed by atoms with Gasteiger partial charge in [0.25, 0.3) is 0 Å². The molecular weight excluding hydrogens is 180 g/mol. The van der Waals surface area contributed by atoms with E-state index in [0.717, 1.165) is 13.1 Å². The molecule has 0 atom stereocenters. The number of hydrogen-bond acceptors (Lipinski definition) is 3.